The standard InChI is InChI=1S/C11H21N3O4S.HI/c1-8(10(15)18-3)6-13-11(12-2)14-9-4-5-19(16,17)7-9;/h8-9H,4-7H2,1-3H3,(H2,12,13,14);1H. The van der Waals surface area contributed by atoms with E-state index in [0.717, 1.165) is 0 Å². The van der Waals surface area contributed by atoms with E-state index in [4.69, 9.17) is 0 Å². The third-order valence-corrected chi connectivity index (χ3v) is 4.74. The molecular weight excluding hydrogens is 397 g/mol. The van der Waals surface area contributed by atoms with Crippen LogP contribution in [0.5, 0.6) is 0 Å². The lowest BCUT2D eigenvalue weighted by atomic mass is 10.2. The van der Waals surface area contributed by atoms with E-state index < -0.39 is 9.84 Å². The summed E-state index contributed by atoms with van der Waals surface area (Å²) in [5.74, 6) is 0.237. The molecule has 1 rings (SSSR count). The number of hydrogen-bond donors (Lipinski definition) is 2. The van der Waals surface area contributed by atoms with Gasteiger partial charge >= 0.3 is 5.97 Å². The second-order valence-electron chi connectivity index (χ2n) is 4.62. The van der Waals surface area contributed by atoms with Gasteiger partial charge in [0.1, 0.15) is 0 Å². The van der Waals surface area contributed by atoms with Gasteiger partial charge in [0, 0.05) is 19.6 Å². The SMILES string of the molecule is CN=C(NCC(C)C(=O)OC)NC1CCS(=O)(=O)C1.I. The molecule has 0 saturated carbocycles. The van der Waals surface area contributed by atoms with Crippen LogP contribution in [0.25, 0.3) is 0 Å². The maximum atomic E-state index is 11.3. The number of halogens is 1. The topological polar surface area (TPSA) is 96.9 Å². The first-order chi connectivity index (χ1) is 8.88. The summed E-state index contributed by atoms with van der Waals surface area (Å²) in [5, 5.41) is 6.02. The second-order valence-corrected chi connectivity index (χ2v) is 6.85. The van der Waals surface area contributed by atoms with Crippen molar-refractivity contribution in [1.82, 2.24) is 10.6 Å². The van der Waals surface area contributed by atoms with Crippen molar-refractivity contribution in [3.63, 3.8) is 0 Å². The largest absolute Gasteiger partial charge is 0.469 e. The van der Waals surface area contributed by atoms with Crippen LogP contribution in [-0.4, -0.2) is 58.6 Å². The molecule has 1 fully saturated rings. The predicted molar refractivity (Wildman–Crippen MR) is 88.2 cm³/mol. The molecule has 2 N–H and O–H groups in total. The summed E-state index contributed by atoms with van der Waals surface area (Å²) >= 11 is 0. The van der Waals surface area contributed by atoms with Crippen molar-refractivity contribution in [3.05, 3.63) is 0 Å². The minimum absolute atomic E-state index is 0. The van der Waals surface area contributed by atoms with E-state index >= 15 is 0 Å². The highest BCUT2D eigenvalue weighted by molar-refractivity contribution is 14.0. The Morgan fingerprint density at radius 1 is 1.50 bits per heavy atom. The number of carbonyl (C=O) groups excluding carboxylic acids is 1. The number of rotatable bonds is 4. The van der Waals surface area contributed by atoms with Gasteiger partial charge in [0.15, 0.2) is 15.8 Å². The Morgan fingerprint density at radius 3 is 2.60 bits per heavy atom. The van der Waals surface area contributed by atoms with Gasteiger partial charge in [-0.3, -0.25) is 9.79 Å². The monoisotopic (exact) mass is 419 g/mol. The number of methoxy groups -OCH3 is 1. The number of esters is 1. The molecule has 9 heteroatoms. The normalized spacial score (nSPS) is 22.6. The van der Waals surface area contributed by atoms with Gasteiger partial charge < -0.3 is 15.4 Å². The molecule has 0 aliphatic carbocycles. The van der Waals surface area contributed by atoms with Gasteiger partial charge in [-0.15, -0.1) is 24.0 Å². The highest BCUT2D eigenvalue weighted by atomic mass is 127. The molecule has 0 radical (unpaired) electrons. The quantitative estimate of drug-likeness (QED) is 0.283. The fourth-order valence-electron chi connectivity index (χ4n) is 1.83. The highest BCUT2D eigenvalue weighted by Crippen LogP contribution is 2.10. The van der Waals surface area contributed by atoms with E-state index in [9.17, 15) is 13.2 Å². The highest BCUT2D eigenvalue weighted by Gasteiger charge is 2.28. The molecule has 0 spiro atoms. The molecule has 0 aromatic rings. The van der Waals surface area contributed by atoms with Crippen LogP contribution in [0.2, 0.25) is 0 Å². The van der Waals surface area contributed by atoms with E-state index in [0.29, 0.717) is 18.9 Å². The molecule has 0 aromatic carbocycles. The minimum Gasteiger partial charge on any atom is -0.469 e. The lowest BCUT2D eigenvalue weighted by Crippen LogP contribution is -2.45. The van der Waals surface area contributed by atoms with Crippen LogP contribution in [0.3, 0.4) is 0 Å². The van der Waals surface area contributed by atoms with Crippen LogP contribution >= 0.6 is 24.0 Å². The summed E-state index contributed by atoms with van der Waals surface area (Å²) in [6.45, 7) is 2.12. The molecule has 1 saturated heterocycles. The molecule has 7 nitrogen and oxygen atoms in total. The number of hydrogen-bond acceptors (Lipinski definition) is 5. The fourth-order valence-corrected chi connectivity index (χ4v) is 3.50. The third kappa shape index (κ3) is 6.25. The van der Waals surface area contributed by atoms with E-state index in [1.165, 1.54) is 7.11 Å². The van der Waals surface area contributed by atoms with Crippen molar-refractivity contribution in [2.75, 3.05) is 32.2 Å². The van der Waals surface area contributed by atoms with Crippen LogP contribution in [0.4, 0.5) is 0 Å². The van der Waals surface area contributed by atoms with Crippen molar-refractivity contribution in [2.24, 2.45) is 10.9 Å². The van der Waals surface area contributed by atoms with Gasteiger partial charge in [-0.25, -0.2) is 8.42 Å². The van der Waals surface area contributed by atoms with E-state index in [1.54, 1.807) is 14.0 Å². The Balaban J connectivity index is 0.00000361. The zero-order valence-corrected chi connectivity index (χ0v) is 15.0. The predicted octanol–water partition coefficient (Wildman–Crippen LogP) is -0.234. The smallest absolute Gasteiger partial charge is 0.310 e. The van der Waals surface area contributed by atoms with Crippen molar-refractivity contribution < 1.29 is 17.9 Å². The zero-order chi connectivity index (χ0) is 14.5. The Morgan fingerprint density at radius 2 is 2.15 bits per heavy atom. The Labute approximate surface area is 136 Å². The van der Waals surface area contributed by atoms with Crippen LogP contribution in [0, 0.1) is 5.92 Å². The van der Waals surface area contributed by atoms with Crippen LogP contribution in [0.15, 0.2) is 4.99 Å². The Kier molecular flexibility index (Phi) is 8.40. The van der Waals surface area contributed by atoms with E-state index in [2.05, 4.69) is 20.4 Å². The summed E-state index contributed by atoms with van der Waals surface area (Å²) < 4.78 is 27.3. The number of guanidine groups is 1. The third-order valence-electron chi connectivity index (χ3n) is 2.98. The fraction of sp³-hybridized carbons (Fsp3) is 0.818. The molecule has 20 heavy (non-hydrogen) atoms. The molecule has 2 unspecified atom stereocenters. The number of nitrogens with one attached hydrogen (secondary N) is 2. The van der Waals surface area contributed by atoms with Crippen LogP contribution in [0.1, 0.15) is 13.3 Å². The summed E-state index contributed by atoms with van der Waals surface area (Å²) in [7, 11) is 0.0240. The molecule has 0 bridgehead atoms. The van der Waals surface area contributed by atoms with Gasteiger partial charge in [0.25, 0.3) is 0 Å². The second kappa shape index (κ2) is 8.65. The van der Waals surface area contributed by atoms with Gasteiger partial charge in [-0.2, -0.15) is 0 Å². The average molecular weight is 419 g/mol. The number of sulfone groups is 1. The average Bonchev–Trinajstić information content (AvgIpc) is 2.72. The van der Waals surface area contributed by atoms with Crippen molar-refractivity contribution >= 4 is 45.7 Å². The summed E-state index contributed by atoms with van der Waals surface area (Å²) in [6, 6.07) is -0.121. The van der Waals surface area contributed by atoms with Crippen molar-refractivity contribution in [1.29, 1.82) is 0 Å². The van der Waals surface area contributed by atoms with E-state index in [-0.39, 0.29) is 53.4 Å². The molecule has 0 amide bonds. The maximum absolute atomic E-state index is 11.3. The maximum Gasteiger partial charge on any atom is 0.310 e. The van der Waals surface area contributed by atoms with Gasteiger partial charge in [0.2, 0.25) is 0 Å². The molecule has 0 aromatic heterocycles. The number of aliphatic imine (C=N–C) groups is 1. The van der Waals surface area contributed by atoms with E-state index in [1.807, 2.05) is 0 Å². The Bertz CT molecular complexity index is 453. The summed E-state index contributed by atoms with van der Waals surface area (Å²) in [5.41, 5.74) is 0. The first-order valence-corrected chi connectivity index (χ1v) is 7.95. The van der Waals surface area contributed by atoms with Gasteiger partial charge in [-0.05, 0) is 6.42 Å². The Hall–Kier alpha value is -0.580. The molecular formula is C11H22IN3O4S. The first kappa shape index (κ1) is 19.4. The van der Waals surface area contributed by atoms with Crippen molar-refractivity contribution in [2.45, 2.75) is 19.4 Å². The molecule has 1 aliphatic rings. The van der Waals surface area contributed by atoms with Crippen molar-refractivity contribution in [3.8, 4) is 0 Å². The number of ether oxygens (including phenoxy) is 1. The lowest BCUT2D eigenvalue weighted by Gasteiger charge is -2.17. The molecule has 2 atom stereocenters. The van der Waals surface area contributed by atoms with Gasteiger partial charge in [0.05, 0.1) is 24.5 Å². The molecule has 1 heterocycles. The minimum atomic E-state index is -2.92. The first-order valence-electron chi connectivity index (χ1n) is 6.13. The molecule has 118 valence electrons. The van der Waals surface area contributed by atoms with Gasteiger partial charge in [-0.1, -0.05) is 6.92 Å². The summed E-state index contributed by atoms with van der Waals surface area (Å²) in [4.78, 5) is 15.2. The summed E-state index contributed by atoms with van der Waals surface area (Å²) in [6.07, 6.45) is 0.579. The van der Waals surface area contributed by atoms with Crippen LogP contribution < -0.4 is 10.6 Å². The number of nitrogens with zero attached hydrogens (tertiary/aromatic N) is 1. The lowest BCUT2D eigenvalue weighted by molar-refractivity contribution is -0.144. The zero-order valence-electron chi connectivity index (χ0n) is 11.9. The molecule has 1 aliphatic heterocycles. The van der Waals surface area contributed by atoms with Crippen LogP contribution in [-0.2, 0) is 19.4 Å². The number of carbonyl (C=O) groups is 1.